The smallest absolute Gasteiger partial charge is 0.346 e. The van der Waals surface area contributed by atoms with Crippen LogP contribution in [0.4, 0.5) is 19.1 Å². The molecule has 132 valence electrons. The molecule has 5 nitrogen and oxygen atoms in total. The van der Waals surface area contributed by atoms with Gasteiger partial charge in [-0.2, -0.15) is 13.2 Å². The molecule has 3 rings (SSSR count). The van der Waals surface area contributed by atoms with Crippen LogP contribution in [0.1, 0.15) is 34.5 Å². The minimum Gasteiger partial charge on any atom is -0.346 e. The Morgan fingerprint density at radius 2 is 1.80 bits per heavy atom. The molecular weight excluding hydrogens is 333 g/mol. The predicted octanol–water partition coefficient (Wildman–Crippen LogP) is 3.03. The highest BCUT2D eigenvalue weighted by Crippen LogP contribution is 2.29. The minimum atomic E-state index is -4.41. The van der Waals surface area contributed by atoms with Crippen LogP contribution >= 0.6 is 0 Å². The van der Waals surface area contributed by atoms with Gasteiger partial charge in [-0.05, 0) is 43.2 Å². The molecule has 1 fully saturated rings. The molecule has 2 heterocycles. The Hall–Kier alpha value is -2.64. The van der Waals surface area contributed by atoms with Gasteiger partial charge in [0, 0.05) is 24.8 Å². The lowest BCUT2D eigenvalue weighted by molar-refractivity contribution is -0.137. The Morgan fingerprint density at radius 1 is 1.12 bits per heavy atom. The van der Waals surface area contributed by atoms with E-state index >= 15 is 0 Å². The zero-order valence-electron chi connectivity index (χ0n) is 13.4. The minimum absolute atomic E-state index is 0.168. The van der Waals surface area contributed by atoms with Crippen molar-refractivity contribution < 1.29 is 18.0 Å². The number of rotatable bonds is 4. The number of alkyl halides is 3. The number of halogens is 3. The molecule has 8 heteroatoms. The van der Waals surface area contributed by atoms with Gasteiger partial charge in [0.25, 0.3) is 5.91 Å². The SMILES string of the molecule is O=C(NCc1ccnc(N2CCCC2)n1)c1ccc(C(F)(F)F)cc1. The van der Waals surface area contributed by atoms with Gasteiger partial charge in [-0.25, -0.2) is 9.97 Å². The average molecular weight is 350 g/mol. The van der Waals surface area contributed by atoms with E-state index in [9.17, 15) is 18.0 Å². The molecule has 1 aliphatic heterocycles. The van der Waals surface area contributed by atoms with Crippen LogP contribution in [0.5, 0.6) is 0 Å². The van der Waals surface area contributed by atoms with Gasteiger partial charge in [-0.1, -0.05) is 0 Å². The Kier molecular flexibility index (Phi) is 4.87. The number of nitrogens with zero attached hydrogens (tertiary/aromatic N) is 3. The van der Waals surface area contributed by atoms with Crippen molar-refractivity contribution in [3.63, 3.8) is 0 Å². The van der Waals surface area contributed by atoms with Crippen molar-refractivity contribution >= 4 is 11.9 Å². The van der Waals surface area contributed by atoms with E-state index in [1.165, 1.54) is 0 Å². The molecule has 1 aromatic heterocycles. The summed E-state index contributed by atoms with van der Waals surface area (Å²) in [5.74, 6) is 0.189. The lowest BCUT2D eigenvalue weighted by Gasteiger charge is -2.15. The van der Waals surface area contributed by atoms with E-state index in [1.807, 2.05) is 0 Å². The first-order valence-electron chi connectivity index (χ1n) is 7.96. The van der Waals surface area contributed by atoms with Crippen LogP contribution in [-0.4, -0.2) is 29.0 Å². The quantitative estimate of drug-likeness (QED) is 0.921. The number of carbonyl (C=O) groups excluding carboxylic acids is 1. The largest absolute Gasteiger partial charge is 0.416 e. The van der Waals surface area contributed by atoms with Crippen molar-refractivity contribution in [2.75, 3.05) is 18.0 Å². The lowest BCUT2D eigenvalue weighted by Crippen LogP contribution is -2.25. The molecule has 0 aliphatic carbocycles. The fraction of sp³-hybridized carbons (Fsp3) is 0.353. The molecule has 1 saturated heterocycles. The molecule has 1 aromatic carbocycles. The molecule has 0 spiro atoms. The first-order chi connectivity index (χ1) is 11.9. The Labute approximate surface area is 142 Å². The number of hydrogen-bond donors (Lipinski definition) is 1. The van der Waals surface area contributed by atoms with E-state index in [-0.39, 0.29) is 12.1 Å². The van der Waals surface area contributed by atoms with Crippen LogP contribution < -0.4 is 10.2 Å². The fourth-order valence-corrected chi connectivity index (χ4v) is 2.64. The van der Waals surface area contributed by atoms with E-state index in [0.29, 0.717) is 11.6 Å². The molecule has 25 heavy (non-hydrogen) atoms. The Bertz CT molecular complexity index is 740. The number of aromatic nitrogens is 2. The average Bonchev–Trinajstić information content (AvgIpc) is 3.14. The summed E-state index contributed by atoms with van der Waals surface area (Å²) < 4.78 is 37.6. The molecule has 0 bridgehead atoms. The van der Waals surface area contributed by atoms with Gasteiger partial charge in [-0.15, -0.1) is 0 Å². The summed E-state index contributed by atoms with van der Waals surface area (Å²) in [6.45, 7) is 2.02. The van der Waals surface area contributed by atoms with Crippen LogP contribution in [0.2, 0.25) is 0 Å². The maximum absolute atomic E-state index is 12.5. The molecule has 0 radical (unpaired) electrons. The summed E-state index contributed by atoms with van der Waals surface area (Å²) in [7, 11) is 0. The van der Waals surface area contributed by atoms with Crippen molar-refractivity contribution in [1.29, 1.82) is 0 Å². The van der Waals surface area contributed by atoms with E-state index < -0.39 is 17.6 Å². The lowest BCUT2D eigenvalue weighted by atomic mass is 10.1. The van der Waals surface area contributed by atoms with Gasteiger partial charge in [0.1, 0.15) is 0 Å². The molecule has 1 N–H and O–H groups in total. The normalized spacial score (nSPS) is 14.6. The van der Waals surface area contributed by atoms with E-state index in [4.69, 9.17) is 0 Å². The molecule has 0 saturated carbocycles. The third-order valence-electron chi connectivity index (χ3n) is 3.99. The summed E-state index contributed by atoms with van der Waals surface area (Å²) >= 11 is 0. The van der Waals surface area contributed by atoms with Gasteiger partial charge in [0.15, 0.2) is 0 Å². The van der Waals surface area contributed by atoms with Crippen molar-refractivity contribution in [2.24, 2.45) is 0 Å². The second kappa shape index (κ2) is 7.08. The first-order valence-corrected chi connectivity index (χ1v) is 7.96. The zero-order chi connectivity index (χ0) is 17.9. The van der Waals surface area contributed by atoms with Crippen molar-refractivity contribution in [3.8, 4) is 0 Å². The highest BCUT2D eigenvalue weighted by atomic mass is 19.4. The number of amides is 1. The van der Waals surface area contributed by atoms with Crippen LogP contribution in [0, 0.1) is 0 Å². The van der Waals surface area contributed by atoms with Gasteiger partial charge < -0.3 is 10.2 Å². The highest BCUT2D eigenvalue weighted by Gasteiger charge is 2.30. The number of carbonyl (C=O) groups is 1. The van der Waals surface area contributed by atoms with Crippen molar-refractivity contribution in [3.05, 3.63) is 53.3 Å². The fourth-order valence-electron chi connectivity index (χ4n) is 2.64. The van der Waals surface area contributed by atoms with Gasteiger partial charge >= 0.3 is 6.18 Å². The maximum atomic E-state index is 12.5. The number of benzene rings is 1. The third-order valence-corrected chi connectivity index (χ3v) is 3.99. The predicted molar refractivity (Wildman–Crippen MR) is 86.1 cm³/mol. The molecule has 0 atom stereocenters. The van der Waals surface area contributed by atoms with Crippen molar-refractivity contribution in [1.82, 2.24) is 15.3 Å². The summed E-state index contributed by atoms with van der Waals surface area (Å²) in [4.78, 5) is 22.8. The van der Waals surface area contributed by atoms with E-state index in [0.717, 1.165) is 50.2 Å². The molecule has 1 aliphatic rings. The maximum Gasteiger partial charge on any atom is 0.416 e. The number of hydrogen-bond acceptors (Lipinski definition) is 4. The molecule has 1 amide bonds. The zero-order valence-corrected chi connectivity index (χ0v) is 13.4. The molecule has 2 aromatic rings. The van der Waals surface area contributed by atoms with E-state index in [2.05, 4.69) is 20.2 Å². The highest BCUT2D eigenvalue weighted by molar-refractivity contribution is 5.94. The Morgan fingerprint density at radius 3 is 2.44 bits per heavy atom. The van der Waals surface area contributed by atoms with E-state index in [1.54, 1.807) is 12.3 Å². The van der Waals surface area contributed by atoms with Crippen LogP contribution in [0.3, 0.4) is 0 Å². The van der Waals surface area contributed by atoms with Crippen LogP contribution in [0.15, 0.2) is 36.5 Å². The van der Waals surface area contributed by atoms with Crippen LogP contribution in [0.25, 0.3) is 0 Å². The van der Waals surface area contributed by atoms with Gasteiger partial charge in [0.05, 0.1) is 17.8 Å². The first kappa shape index (κ1) is 17.2. The summed E-state index contributed by atoms with van der Waals surface area (Å²) in [6, 6.07) is 5.81. The second-order valence-corrected chi connectivity index (χ2v) is 5.80. The number of anilines is 1. The Balaban J connectivity index is 1.61. The second-order valence-electron chi connectivity index (χ2n) is 5.80. The monoisotopic (exact) mass is 350 g/mol. The van der Waals surface area contributed by atoms with Gasteiger partial charge in [-0.3, -0.25) is 4.79 Å². The van der Waals surface area contributed by atoms with Crippen LogP contribution in [-0.2, 0) is 12.7 Å². The van der Waals surface area contributed by atoms with Gasteiger partial charge in [0.2, 0.25) is 5.95 Å². The summed E-state index contributed by atoms with van der Waals surface area (Å²) in [5, 5.41) is 2.66. The molecule has 0 unspecified atom stereocenters. The van der Waals surface area contributed by atoms with Crippen molar-refractivity contribution in [2.45, 2.75) is 25.6 Å². The summed E-state index contributed by atoms with van der Waals surface area (Å²) in [6.07, 6.45) is -0.557. The molecular formula is C17H17F3N4O. The standard InChI is InChI=1S/C17H17F3N4O/c18-17(19,20)13-5-3-12(4-6-13)15(25)22-11-14-7-8-21-16(23-14)24-9-1-2-10-24/h3-8H,1-2,9-11H2,(H,22,25). The topological polar surface area (TPSA) is 58.1 Å². The summed E-state index contributed by atoms with van der Waals surface area (Å²) in [5.41, 5.74) is 0.0362. The number of nitrogens with one attached hydrogen (secondary N) is 1. The third kappa shape index (κ3) is 4.26.